The molecule has 1 aliphatic carbocycles. The standard InChI is InChI=1S/C13H14O4/c1-3-16-12(15)10-11-13(10,2)8-6-7(14)4-5-9(8)17-11/h4-6,10-11,14H,3H2,1-2H3/t10-,11+,13-/m0/s1. The third-order valence-corrected chi connectivity index (χ3v) is 3.77. The van der Waals surface area contributed by atoms with Crippen molar-refractivity contribution in [3.05, 3.63) is 23.8 Å². The van der Waals surface area contributed by atoms with Crippen LogP contribution in [0.3, 0.4) is 0 Å². The molecule has 1 N–H and O–H groups in total. The number of phenols is 1. The summed E-state index contributed by atoms with van der Waals surface area (Å²) in [5, 5.41) is 9.50. The van der Waals surface area contributed by atoms with Crippen LogP contribution in [0.25, 0.3) is 0 Å². The van der Waals surface area contributed by atoms with E-state index in [-0.39, 0.29) is 29.2 Å². The molecule has 1 heterocycles. The molecule has 0 bridgehead atoms. The number of hydrogen-bond donors (Lipinski definition) is 1. The molecule has 0 saturated heterocycles. The molecular formula is C13H14O4. The van der Waals surface area contributed by atoms with Gasteiger partial charge in [0, 0.05) is 5.56 Å². The minimum atomic E-state index is -0.333. The number of carbonyl (C=O) groups excluding carboxylic acids is 1. The van der Waals surface area contributed by atoms with Crippen LogP contribution in [0.4, 0.5) is 0 Å². The lowest BCUT2D eigenvalue weighted by Crippen LogP contribution is -2.15. The average Bonchev–Trinajstić information content (AvgIpc) is 2.78. The summed E-state index contributed by atoms with van der Waals surface area (Å²) in [6, 6.07) is 5.01. The van der Waals surface area contributed by atoms with Crippen molar-refractivity contribution in [2.75, 3.05) is 6.61 Å². The van der Waals surface area contributed by atoms with E-state index in [0.717, 1.165) is 11.3 Å². The summed E-state index contributed by atoms with van der Waals surface area (Å²) in [5.74, 6) is 0.505. The van der Waals surface area contributed by atoms with Crippen LogP contribution >= 0.6 is 0 Å². The van der Waals surface area contributed by atoms with Gasteiger partial charge < -0.3 is 14.6 Å². The molecular weight excluding hydrogens is 220 g/mol. The van der Waals surface area contributed by atoms with E-state index in [1.54, 1.807) is 25.1 Å². The molecule has 0 radical (unpaired) electrons. The van der Waals surface area contributed by atoms with Crippen LogP contribution in [0.2, 0.25) is 0 Å². The Balaban J connectivity index is 1.94. The fraction of sp³-hybridized carbons (Fsp3) is 0.462. The number of phenolic OH excluding ortho intramolecular Hbond substituents is 1. The Labute approximate surface area is 99.2 Å². The molecule has 2 aliphatic rings. The zero-order chi connectivity index (χ0) is 12.2. The van der Waals surface area contributed by atoms with Crippen molar-refractivity contribution >= 4 is 5.97 Å². The van der Waals surface area contributed by atoms with Gasteiger partial charge in [-0.15, -0.1) is 0 Å². The Bertz CT molecular complexity index is 496. The van der Waals surface area contributed by atoms with Crippen molar-refractivity contribution in [3.8, 4) is 11.5 Å². The summed E-state index contributed by atoms with van der Waals surface area (Å²) in [6.45, 7) is 4.15. The van der Waals surface area contributed by atoms with Crippen molar-refractivity contribution in [2.45, 2.75) is 25.4 Å². The maximum atomic E-state index is 11.8. The van der Waals surface area contributed by atoms with E-state index in [1.165, 1.54) is 0 Å². The Morgan fingerprint density at radius 2 is 2.35 bits per heavy atom. The van der Waals surface area contributed by atoms with Gasteiger partial charge in [0.05, 0.1) is 12.0 Å². The number of aromatic hydroxyl groups is 1. The van der Waals surface area contributed by atoms with Gasteiger partial charge in [-0.1, -0.05) is 6.92 Å². The molecule has 1 saturated carbocycles. The summed E-state index contributed by atoms with van der Waals surface area (Å²) in [6.07, 6.45) is -0.140. The Kier molecular flexibility index (Phi) is 1.94. The molecule has 4 heteroatoms. The smallest absolute Gasteiger partial charge is 0.313 e. The van der Waals surface area contributed by atoms with Crippen molar-refractivity contribution in [1.82, 2.24) is 0 Å². The molecule has 1 fully saturated rings. The van der Waals surface area contributed by atoms with Crippen LogP contribution in [0, 0.1) is 5.92 Å². The molecule has 4 nitrogen and oxygen atoms in total. The summed E-state index contributed by atoms with van der Waals surface area (Å²) in [5.41, 5.74) is 0.570. The fourth-order valence-corrected chi connectivity index (χ4v) is 2.76. The van der Waals surface area contributed by atoms with Gasteiger partial charge in [0.2, 0.25) is 0 Å². The number of ether oxygens (including phenoxy) is 2. The summed E-state index contributed by atoms with van der Waals surface area (Å²) in [4.78, 5) is 11.8. The van der Waals surface area contributed by atoms with Crippen LogP contribution in [0.5, 0.6) is 11.5 Å². The van der Waals surface area contributed by atoms with Gasteiger partial charge in [-0.2, -0.15) is 0 Å². The first kappa shape index (κ1) is 10.4. The third-order valence-electron chi connectivity index (χ3n) is 3.77. The summed E-state index contributed by atoms with van der Waals surface area (Å²) >= 11 is 0. The van der Waals surface area contributed by atoms with E-state index in [1.807, 2.05) is 6.92 Å². The molecule has 0 spiro atoms. The predicted molar refractivity (Wildman–Crippen MR) is 60.0 cm³/mol. The van der Waals surface area contributed by atoms with Crippen LogP contribution in [-0.4, -0.2) is 23.8 Å². The van der Waals surface area contributed by atoms with Gasteiger partial charge in [0.1, 0.15) is 23.5 Å². The molecule has 0 unspecified atom stereocenters. The van der Waals surface area contributed by atoms with Crippen LogP contribution in [0.15, 0.2) is 18.2 Å². The van der Waals surface area contributed by atoms with Crippen molar-refractivity contribution in [1.29, 1.82) is 0 Å². The molecule has 1 aromatic rings. The van der Waals surface area contributed by atoms with Crippen LogP contribution < -0.4 is 4.74 Å². The quantitative estimate of drug-likeness (QED) is 0.790. The van der Waals surface area contributed by atoms with Gasteiger partial charge in [-0.25, -0.2) is 0 Å². The SMILES string of the molecule is CCOC(=O)[C@@H]1[C@H]2Oc3ccc(O)cc3[C@]21C. The topological polar surface area (TPSA) is 55.8 Å². The Morgan fingerprint density at radius 1 is 1.59 bits per heavy atom. The molecule has 0 aromatic heterocycles. The number of benzene rings is 1. The molecule has 1 aromatic carbocycles. The van der Waals surface area contributed by atoms with E-state index < -0.39 is 0 Å². The van der Waals surface area contributed by atoms with Crippen molar-refractivity contribution < 1.29 is 19.4 Å². The normalized spacial score (nSPS) is 32.4. The van der Waals surface area contributed by atoms with E-state index in [0.29, 0.717) is 6.61 Å². The first-order valence-corrected chi connectivity index (χ1v) is 5.75. The second-order valence-corrected chi connectivity index (χ2v) is 4.73. The van der Waals surface area contributed by atoms with E-state index in [9.17, 15) is 9.90 Å². The highest BCUT2D eigenvalue weighted by Crippen LogP contribution is 2.63. The first-order chi connectivity index (χ1) is 8.09. The minimum Gasteiger partial charge on any atom is -0.508 e. The monoisotopic (exact) mass is 234 g/mol. The fourth-order valence-electron chi connectivity index (χ4n) is 2.76. The molecule has 90 valence electrons. The van der Waals surface area contributed by atoms with Crippen LogP contribution in [-0.2, 0) is 14.9 Å². The van der Waals surface area contributed by atoms with Crippen molar-refractivity contribution in [2.24, 2.45) is 5.92 Å². The van der Waals surface area contributed by atoms with Gasteiger partial charge >= 0.3 is 5.97 Å². The third kappa shape index (κ3) is 1.21. The number of fused-ring (bicyclic) bond motifs is 3. The highest BCUT2D eigenvalue weighted by molar-refractivity contribution is 5.83. The summed E-state index contributed by atoms with van der Waals surface area (Å²) in [7, 11) is 0. The lowest BCUT2D eigenvalue weighted by Gasteiger charge is -2.11. The first-order valence-electron chi connectivity index (χ1n) is 5.75. The van der Waals surface area contributed by atoms with E-state index >= 15 is 0 Å². The largest absolute Gasteiger partial charge is 0.508 e. The molecule has 1 aliphatic heterocycles. The average molecular weight is 234 g/mol. The molecule has 3 atom stereocenters. The van der Waals surface area contributed by atoms with Crippen molar-refractivity contribution in [3.63, 3.8) is 0 Å². The van der Waals surface area contributed by atoms with Gasteiger partial charge in [0.25, 0.3) is 0 Å². The maximum Gasteiger partial charge on any atom is 0.313 e. The maximum absolute atomic E-state index is 11.8. The van der Waals surface area contributed by atoms with Gasteiger partial charge in [-0.05, 0) is 25.1 Å². The summed E-state index contributed by atoms with van der Waals surface area (Å²) < 4.78 is 10.7. The molecule has 3 rings (SSSR count). The highest BCUT2D eigenvalue weighted by atomic mass is 16.5. The van der Waals surface area contributed by atoms with E-state index in [2.05, 4.69) is 0 Å². The second kappa shape index (κ2) is 3.15. The second-order valence-electron chi connectivity index (χ2n) is 4.73. The predicted octanol–water partition coefficient (Wildman–Crippen LogP) is 1.60. The lowest BCUT2D eigenvalue weighted by molar-refractivity contribution is -0.145. The number of hydrogen-bond acceptors (Lipinski definition) is 4. The number of rotatable bonds is 2. The zero-order valence-electron chi connectivity index (χ0n) is 9.77. The van der Waals surface area contributed by atoms with Crippen LogP contribution in [0.1, 0.15) is 19.4 Å². The minimum absolute atomic E-state index is 0.140. The van der Waals surface area contributed by atoms with Gasteiger partial charge in [-0.3, -0.25) is 4.79 Å². The van der Waals surface area contributed by atoms with E-state index in [4.69, 9.17) is 9.47 Å². The molecule has 17 heavy (non-hydrogen) atoms. The highest BCUT2D eigenvalue weighted by Gasteiger charge is 2.73. The lowest BCUT2D eigenvalue weighted by atomic mass is 9.95. The zero-order valence-corrected chi connectivity index (χ0v) is 9.77. The Hall–Kier alpha value is -1.71. The molecule has 0 amide bonds. The Morgan fingerprint density at radius 3 is 3.06 bits per heavy atom. The van der Waals surface area contributed by atoms with Gasteiger partial charge in [0.15, 0.2) is 0 Å². The number of carbonyl (C=O) groups is 1. The number of esters is 1.